The molecule has 1 aliphatic rings. The Morgan fingerprint density at radius 1 is 1.30 bits per heavy atom. The van der Waals surface area contributed by atoms with Gasteiger partial charge in [-0.05, 0) is 30.5 Å². The maximum absolute atomic E-state index is 13.1. The van der Waals surface area contributed by atoms with Gasteiger partial charge >= 0.3 is 6.18 Å². The fourth-order valence-electron chi connectivity index (χ4n) is 2.01. The highest BCUT2D eigenvalue weighted by Crippen LogP contribution is 2.33. The van der Waals surface area contributed by atoms with Crippen molar-refractivity contribution >= 4 is 0 Å². The molecule has 0 unspecified atom stereocenters. The van der Waals surface area contributed by atoms with Gasteiger partial charge in [-0.25, -0.2) is 9.67 Å². The van der Waals surface area contributed by atoms with Gasteiger partial charge < -0.3 is 5.32 Å². The zero-order valence-corrected chi connectivity index (χ0v) is 10.6. The van der Waals surface area contributed by atoms with Gasteiger partial charge in [0.2, 0.25) is 0 Å². The number of hydrogen-bond acceptors (Lipinski definition) is 3. The van der Waals surface area contributed by atoms with Crippen LogP contribution in [0.3, 0.4) is 0 Å². The van der Waals surface area contributed by atoms with E-state index in [1.807, 2.05) is 0 Å². The van der Waals surface area contributed by atoms with Crippen LogP contribution in [0, 0.1) is 0 Å². The average molecular weight is 282 g/mol. The number of rotatable bonds is 4. The van der Waals surface area contributed by atoms with Gasteiger partial charge in [0.15, 0.2) is 0 Å². The van der Waals surface area contributed by atoms with Crippen LogP contribution in [0.5, 0.6) is 0 Å². The molecule has 1 heterocycles. The van der Waals surface area contributed by atoms with Crippen molar-refractivity contribution in [2.45, 2.75) is 31.6 Å². The number of nitrogens with zero attached hydrogens (tertiary/aromatic N) is 3. The van der Waals surface area contributed by atoms with Crippen LogP contribution in [0.25, 0.3) is 5.69 Å². The summed E-state index contributed by atoms with van der Waals surface area (Å²) in [4.78, 5) is 3.74. The Hall–Kier alpha value is -1.89. The Bertz CT molecular complexity index is 588. The first-order chi connectivity index (χ1) is 9.54. The smallest absolute Gasteiger partial charge is 0.310 e. The van der Waals surface area contributed by atoms with Gasteiger partial charge in [-0.3, -0.25) is 0 Å². The van der Waals surface area contributed by atoms with Crippen LogP contribution in [-0.4, -0.2) is 20.8 Å². The van der Waals surface area contributed by atoms with E-state index in [9.17, 15) is 13.2 Å². The summed E-state index contributed by atoms with van der Waals surface area (Å²) in [5.74, 6) is 0. The van der Waals surface area contributed by atoms with Crippen molar-refractivity contribution in [1.82, 2.24) is 20.1 Å². The molecule has 1 N–H and O–H groups in total. The summed E-state index contributed by atoms with van der Waals surface area (Å²) in [5, 5.41) is 6.95. The van der Waals surface area contributed by atoms with Gasteiger partial charge in [0.1, 0.15) is 12.7 Å². The zero-order valence-electron chi connectivity index (χ0n) is 10.6. The maximum Gasteiger partial charge on any atom is 0.416 e. The summed E-state index contributed by atoms with van der Waals surface area (Å²) in [6.45, 7) is 0.233. The summed E-state index contributed by atoms with van der Waals surface area (Å²) >= 11 is 0. The van der Waals surface area contributed by atoms with E-state index in [1.54, 1.807) is 6.07 Å². The van der Waals surface area contributed by atoms with E-state index in [4.69, 9.17) is 0 Å². The van der Waals surface area contributed by atoms with Crippen LogP contribution >= 0.6 is 0 Å². The van der Waals surface area contributed by atoms with E-state index < -0.39 is 11.7 Å². The molecular formula is C13H13F3N4. The lowest BCUT2D eigenvalue weighted by Crippen LogP contribution is -2.19. The molecule has 2 aromatic rings. The molecule has 1 aromatic heterocycles. The van der Waals surface area contributed by atoms with Gasteiger partial charge in [-0.15, -0.1) is 0 Å². The monoisotopic (exact) mass is 282 g/mol. The fraction of sp³-hybridized carbons (Fsp3) is 0.385. The molecule has 106 valence electrons. The third kappa shape index (κ3) is 2.82. The van der Waals surface area contributed by atoms with Crippen molar-refractivity contribution in [1.29, 1.82) is 0 Å². The summed E-state index contributed by atoms with van der Waals surface area (Å²) in [7, 11) is 0. The molecule has 1 aliphatic carbocycles. The molecule has 0 aliphatic heterocycles. The Morgan fingerprint density at radius 2 is 2.10 bits per heavy atom. The largest absolute Gasteiger partial charge is 0.416 e. The quantitative estimate of drug-likeness (QED) is 0.937. The van der Waals surface area contributed by atoms with Gasteiger partial charge in [-0.1, -0.05) is 6.07 Å². The van der Waals surface area contributed by atoms with Crippen LogP contribution in [0.4, 0.5) is 13.2 Å². The topological polar surface area (TPSA) is 42.7 Å². The van der Waals surface area contributed by atoms with Gasteiger partial charge in [0, 0.05) is 12.6 Å². The first-order valence-corrected chi connectivity index (χ1v) is 6.32. The van der Waals surface area contributed by atoms with Crippen LogP contribution < -0.4 is 5.32 Å². The highest BCUT2D eigenvalue weighted by atomic mass is 19.4. The van der Waals surface area contributed by atoms with Crippen LogP contribution in [0.2, 0.25) is 0 Å². The van der Waals surface area contributed by atoms with Crippen molar-refractivity contribution in [2.24, 2.45) is 0 Å². The molecule has 20 heavy (non-hydrogen) atoms. The third-order valence-corrected chi connectivity index (χ3v) is 3.24. The van der Waals surface area contributed by atoms with Crippen molar-refractivity contribution < 1.29 is 13.2 Å². The van der Waals surface area contributed by atoms with E-state index >= 15 is 0 Å². The minimum absolute atomic E-state index is 0.233. The third-order valence-electron chi connectivity index (χ3n) is 3.24. The lowest BCUT2D eigenvalue weighted by Gasteiger charge is -2.15. The molecule has 0 radical (unpaired) electrons. The molecule has 0 saturated heterocycles. The van der Waals surface area contributed by atoms with E-state index in [1.165, 1.54) is 23.4 Å². The van der Waals surface area contributed by atoms with Gasteiger partial charge in [0.25, 0.3) is 0 Å². The van der Waals surface area contributed by atoms with Crippen LogP contribution in [0.15, 0.2) is 30.9 Å². The molecule has 3 rings (SSSR count). The second-order valence-corrected chi connectivity index (χ2v) is 4.83. The Balaban J connectivity index is 1.92. The molecule has 0 amide bonds. The minimum Gasteiger partial charge on any atom is -0.310 e. The van der Waals surface area contributed by atoms with Crippen molar-refractivity contribution in [3.05, 3.63) is 42.0 Å². The van der Waals surface area contributed by atoms with Gasteiger partial charge in [-0.2, -0.15) is 18.3 Å². The molecule has 4 nitrogen and oxygen atoms in total. The molecular weight excluding hydrogens is 269 g/mol. The molecule has 0 atom stereocenters. The van der Waals surface area contributed by atoms with Crippen molar-refractivity contribution in [3.63, 3.8) is 0 Å². The molecule has 7 heteroatoms. The lowest BCUT2D eigenvalue weighted by atomic mass is 10.1. The number of alkyl halides is 3. The number of benzene rings is 1. The summed E-state index contributed by atoms with van der Waals surface area (Å²) < 4.78 is 40.7. The lowest BCUT2D eigenvalue weighted by molar-refractivity contribution is -0.138. The summed E-state index contributed by atoms with van der Waals surface area (Å²) in [5.41, 5.74) is -0.0167. The van der Waals surface area contributed by atoms with E-state index in [0.717, 1.165) is 18.9 Å². The van der Waals surface area contributed by atoms with Crippen LogP contribution in [0.1, 0.15) is 24.0 Å². The Labute approximate surface area is 113 Å². The van der Waals surface area contributed by atoms with Crippen molar-refractivity contribution in [3.8, 4) is 5.69 Å². The summed E-state index contributed by atoms with van der Waals surface area (Å²) in [6.07, 6.45) is 0.362. The Morgan fingerprint density at radius 3 is 2.70 bits per heavy atom. The molecule has 0 spiro atoms. The standard InChI is InChI=1S/C13H13F3N4/c14-13(15,16)12-5-11(20-8-17-7-19-20)4-1-9(12)6-18-10-2-3-10/h1,4-5,7-8,10,18H,2-3,6H2. The molecule has 1 aromatic carbocycles. The minimum atomic E-state index is -4.38. The number of aromatic nitrogens is 3. The number of hydrogen-bond donors (Lipinski definition) is 1. The maximum atomic E-state index is 13.1. The molecule has 1 saturated carbocycles. The first-order valence-electron chi connectivity index (χ1n) is 6.32. The second-order valence-electron chi connectivity index (χ2n) is 4.83. The van der Waals surface area contributed by atoms with Crippen LogP contribution in [-0.2, 0) is 12.7 Å². The van der Waals surface area contributed by atoms with E-state index in [0.29, 0.717) is 11.7 Å². The SMILES string of the molecule is FC(F)(F)c1cc(-n2cncn2)ccc1CNC1CC1. The molecule has 0 bridgehead atoms. The normalized spacial score (nSPS) is 15.6. The average Bonchev–Trinajstić information content (AvgIpc) is 3.07. The van der Waals surface area contributed by atoms with E-state index in [2.05, 4.69) is 15.4 Å². The number of halogens is 3. The second kappa shape index (κ2) is 4.90. The highest BCUT2D eigenvalue weighted by molar-refractivity contribution is 5.41. The molecule has 1 fully saturated rings. The highest BCUT2D eigenvalue weighted by Gasteiger charge is 2.34. The summed E-state index contributed by atoms with van der Waals surface area (Å²) in [6, 6.07) is 4.59. The Kier molecular flexibility index (Phi) is 3.21. The predicted molar refractivity (Wildman–Crippen MR) is 66.2 cm³/mol. The number of nitrogens with one attached hydrogen (secondary N) is 1. The van der Waals surface area contributed by atoms with Gasteiger partial charge in [0.05, 0.1) is 11.3 Å². The fourth-order valence-corrected chi connectivity index (χ4v) is 2.01. The first kappa shape index (κ1) is 13.1. The zero-order chi connectivity index (χ0) is 14.2. The van der Waals surface area contributed by atoms with E-state index in [-0.39, 0.29) is 12.1 Å². The van der Waals surface area contributed by atoms with Crippen molar-refractivity contribution in [2.75, 3.05) is 0 Å². The predicted octanol–water partition coefficient (Wildman–Crippen LogP) is 2.54.